The van der Waals surface area contributed by atoms with E-state index in [1.54, 1.807) is 0 Å². The summed E-state index contributed by atoms with van der Waals surface area (Å²) in [6, 6.07) is 3.73. The molecule has 1 aromatic rings. The SMILES string of the molecule is NC1=NC2(CCCCC2)N(c2cccc(C(F)(F)F)c2CO)C(N)=N1. The van der Waals surface area contributed by atoms with Crippen LogP contribution in [0.2, 0.25) is 0 Å². The van der Waals surface area contributed by atoms with Gasteiger partial charge in [0.2, 0.25) is 11.9 Å². The Kier molecular flexibility index (Phi) is 4.36. The Labute approximate surface area is 143 Å². The minimum atomic E-state index is -4.59. The monoisotopic (exact) mass is 355 g/mol. The number of aliphatic imine (C=N–C) groups is 2. The van der Waals surface area contributed by atoms with Crippen molar-refractivity contribution in [1.29, 1.82) is 0 Å². The Morgan fingerprint density at radius 2 is 1.84 bits per heavy atom. The van der Waals surface area contributed by atoms with Gasteiger partial charge in [-0.25, -0.2) is 4.99 Å². The van der Waals surface area contributed by atoms with Crippen molar-refractivity contribution < 1.29 is 18.3 Å². The van der Waals surface area contributed by atoms with Crippen molar-refractivity contribution in [2.24, 2.45) is 21.5 Å². The van der Waals surface area contributed by atoms with Crippen LogP contribution in [0.4, 0.5) is 18.9 Å². The van der Waals surface area contributed by atoms with E-state index in [2.05, 4.69) is 9.98 Å². The second-order valence-electron chi connectivity index (χ2n) is 6.28. The van der Waals surface area contributed by atoms with Crippen LogP contribution >= 0.6 is 0 Å². The Hall–Kier alpha value is -2.29. The lowest BCUT2D eigenvalue weighted by atomic mass is 9.86. The highest BCUT2D eigenvalue weighted by Gasteiger charge is 2.44. The van der Waals surface area contributed by atoms with Crippen molar-refractivity contribution in [3.05, 3.63) is 29.3 Å². The van der Waals surface area contributed by atoms with Crippen LogP contribution < -0.4 is 16.4 Å². The molecule has 5 N–H and O–H groups in total. The number of hydrogen-bond acceptors (Lipinski definition) is 6. The van der Waals surface area contributed by atoms with Gasteiger partial charge in [0.25, 0.3) is 0 Å². The first-order valence-electron chi connectivity index (χ1n) is 8.08. The molecule has 0 unspecified atom stereocenters. The summed E-state index contributed by atoms with van der Waals surface area (Å²) in [6.07, 6.45) is -0.659. The molecule has 1 heterocycles. The zero-order chi connectivity index (χ0) is 18.2. The Morgan fingerprint density at radius 1 is 1.16 bits per heavy atom. The summed E-state index contributed by atoms with van der Waals surface area (Å²) in [5.74, 6) is 0.0107. The highest BCUT2D eigenvalue weighted by atomic mass is 19.4. The number of aliphatic hydroxyl groups excluding tert-OH is 1. The largest absolute Gasteiger partial charge is 0.416 e. The third kappa shape index (κ3) is 3.04. The first kappa shape index (κ1) is 17.5. The van der Waals surface area contributed by atoms with Gasteiger partial charge in [-0.2, -0.15) is 18.2 Å². The van der Waals surface area contributed by atoms with Gasteiger partial charge in [0, 0.05) is 5.56 Å². The third-order valence-electron chi connectivity index (χ3n) is 4.71. The number of rotatable bonds is 2. The lowest BCUT2D eigenvalue weighted by Gasteiger charge is -2.46. The molecule has 1 aromatic carbocycles. The molecule has 25 heavy (non-hydrogen) atoms. The van der Waals surface area contributed by atoms with Gasteiger partial charge < -0.3 is 16.6 Å². The van der Waals surface area contributed by atoms with E-state index in [1.165, 1.54) is 17.0 Å². The highest BCUT2D eigenvalue weighted by molar-refractivity contribution is 6.06. The fourth-order valence-corrected chi connectivity index (χ4v) is 3.69. The number of hydrogen-bond donors (Lipinski definition) is 3. The summed E-state index contributed by atoms with van der Waals surface area (Å²) < 4.78 is 40.0. The molecule has 6 nitrogen and oxygen atoms in total. The van der Waals surface area contributed by atoms with Crippen LogP contribution in [0.3, 0.4) is 0 Å². The van der Waals surface area contributed by atoms with E-state index in [1.807, 2.05) is 0 Å². The van der Waals surface area contributed by atoms with Gasteiger partial charge in [0.05, 0.1) is 17.9 Å². The fraction of sp³-hybridized carbons (Fsp3) is 0.500. The van der Waals surface area contributed by atoms with E-state index in [-0.39, 0.29) is 23.2 Å². The number of alkyl halides is 3. The van der Waals surface area contributed by atoms with E-state index in [9.17, 15) is 18.3 Å². The average molecular weight is 355 g/mol. The Balaban J connectivity index is 2.18. The Bertz CT molecular complexity index is 723. The minimum Gasteiger partial charge on any atom is -0.392 e. The summed E-state index contributed by atoms with van der Waals surface area (Å²) in [5.41, 5.74) is 9.98. The second-order valence-corrected chi connectivity index (χ2v) is 6.28. The quantitative estimate of drug-likeness (QED) is 0.758. The van der Waals surface area contributed by atoms with Crippen LogP contribution in [-0.4, -0.2) is 22.7 Å². The zero-order valence-electron chi connectivity index (χ0n) is 13.6. The molecule has 1 spiro atoms. The summed E-state index contributed by atoms with van der Waals surface area (Å²) in [7, 11) is 0. The van der Waals surface area contributed by atoms with E-state index in [0.717, 1.165) is 25.3 Å². The maximum atomic E-state index is 13.3. The van der Waals surface area contributed by atoms with Crippen molar-refractivity contribution in [2.75, 3.05) is 4.90 Å². The zero-order valence-corrected chi connectivity index (χ0v) is 13.6. The van der Waals surface area contributed by atoms with Gasteiger partial charge in [0.15, 0.2) is 0 Å². The number of anilines is 1. The first-order valence-corrected chi connectivity index (χ1v) is 8.08. The molecule has 1 saturated carbocycles. The molecule has 0 bridgehead atoms. The topological polar surface area (TPSA) is 100 Å². The van der Waals surface area contributed by atoms with Crippen LogP contribution in [0.15, 0.2) is 28.2 Å². The van der Waals surface area contributed by atoms with E-state index >= 15 is 0 Å². The smallest absolute Gasteiger partial charge is 0.392 e. The van der Waals surface area contributed by atoms with Crippen molar-refractivity contribution in [2.45, 2.75) is 50.6 Å². The first-order chi connectivity index (χ1) is 11.8. The van der Waals surface area contributed by atoms with Crippen LogP contribution in [0.25, 0.3) is 0 Å². The molecule has 0 atom stereocenters. The maximum Gasteiger partial charge on any atom is 0.416 e. The predicted octanol–water partition coefficient (Wildman–Crippen LogP) is 2.31. The second kappa shape index (κ2) is 6.21. The lowest BCUT2D eigenvalue weighted by molar-refractivity contribution is -0.138. The van der Waals surface area contributed by atoms with E-state index in [4.69, 9.17) is 11.5 Å². The van der Waals surface area contributed by atoms with Gasteiger partial charge >= 0.3 is 6.18 Å². The van der Waals surface area contributed by atoms with Gasteiger partial charge in [-0.05, 0) is 37.8 Å². The van der Waals surface area contributed by atoms with Crippen LogP contribution in [0.1, 0.15) is 43.2 Å². The molecular weight excluding hydrogens is 335 g/mol. The van der Waals surface area contributed by atoms with Crippen molar-refractivity contribution >= 4 is 17.6 Å². The summed E-state index contributed by atoms with van der Waals surface area (Å²) in [6.45, 7) is -0.774. The highest BCUT2D eigenvalue weighted by Crippen LogP contribution is 2.43. The molecule has 0 saturated heterocycles. The summed E-state index contributed by atoms with van der Waals surface area (Å²) in [4.78, 5) is 9.88. The fourth-order valence-electron chi connectivity index (χ4n) is 3.69. The molecule has 3 rings (SSSR count). The maximum absolute atomic E-state index is 13.3. The number of guanidine groups is 2. The van der Waals surface area contributed by atoms with Gasteiger partial charge in [-0.1, -0.05) is 12.5 Å². The lowest BCUT2D eigenvalue weighted by Crippen LogP contribution is -2.58. The molecule has 1 aliphatic heterocycles. The molecule has 9 heteroatoms. The van der Waals surface area contributed by atoms with Crippen molar-refractivity contribution in [3.63, 3.8) is 0 Å². The van der Waals surface area contributed by atoms with Crippen molar-refractivity contribution in [3.8, 4) is 0 Å². The van der Waals surface area contributed by atoms with E-state index < -0.39 is 24.0 Å². The van der Waals surface area contributed by atoms with Gasteiger partial charge in [-0.3, -0.25) is 4.90 Å². The van der Waals surface area contributed by atoms with Gasteiger partial charge in [0.1, 0.15) is 5.66 Å². The normalized spacial score (nSPS) is 20.4. The van der Waals surface area contributed by atoms with Crippen LogP contribution in [0.5, 0.6) is 0 Å². The minimum absolute atomic E-state index is 0.0107. The molecular formula is C16H20F3N5O. The van der Waals surface area contributed by atoms with E-state index in [0.29, 0.717) is 12.8 Å². The number of aliphatic hydroxyl groups is 1. The summed E-state index contributed by atoms with van der Waals surface area (Å²) in [5, 5.41) is 9.65. The number of nitrogens with two attached hydrogens (primary N) is 2. The average Bonchev–Trinajstić information content (AvgIpc) is 2.53. The Morgan fingerprint density at radius 3 is 2.44 bits per heavy atom. The molecule has 136 valence electrons. The molecule has 0 radical (unpaired) electrons. The predicted molar refractivity (Wildman–Crippen MR) is 88.9 cm³/mol. The molecule has 2 aliphatic rings. The molecule has 1 fully saturated rings. The standard InChI is InChI=1S/C16H20F3N5O/c17-16(18,19)11-5-4-6-12(10(11)9-25)24-14(21)22-13(20)23-15(24)7-2-1-3-8-15/h4-6,25H,1-3,7-9H2,(H4,20,21,22,23). The van der Waals surface area contributed by atoms with Crippen LogP contribution in [-0.2, 0) is 12.8 Å². The third-order valence-corrected chi connectivity index (χ3v) is 4.71. The number of halogens is 3. The molecule has 0 aromatic heterocycles. The number of benzene rings is 1. The molecule has 1 aliphatic carbocycles. The molecule has 0 amide bonds. The van der Waals surface area contributed by atoms with Gasteiger partial charge in [-0.15, -0.1) is 0 Å². The van der Waals surface area contributed by atoms with Crippen LogP contribution in [0, 0.1) is 0 Å². The summed E-state index contributed by atoms with van der Waals surface area (Å²) >= 11 is 0. The number of nitrogens with zero attached hydrogens (tertiary/aromatic N) is 3. The van der Waals surface area contributed by atoms with Crippen molar-refractivity contribution in [1.82, 2.24) is 0 Å².